The molecule has 2 aromatic rings. The number of anilines is 2. The van der Waals surface area contributed by atoms with Crippen LogP contribution in [0.3, 0.4) is 0 Å². The fourth-order valence-electron chi connectivity index (χ4n) is 1.85. The maximum Gasteiger partial charge on any atom is 0.338 e. The molecule has 0 fully saturated rings. The molecule has 23 heavy (non-hydrogen) atoms. The molecule has 0 saturated carbocycles. The van der Waals surface area contributed by atoms with Gasteiger partial charge in [0, 0.05) is 5.69 Å². The third kappa shape index (κ3) is 3.97. The SMILES string of the molecule is CCOC(=O)c1ccc(NNC(=O)c2ccccc2N)c(F)c1. The number of carbonyl (C=O) groups excluding carboxylic acids is 2. The number of hydrogen-bond acceptors (Lipinski definition) is 5. The normalized spacial score (nSPS) is 10.0. The number of benzene rings is 2. The Balaban J connectivity index is 2.05. The maximum atomic E-state index is 13.9. The summed E-state index contributed by atoms with van der Waals surface area (Å²) in [5.41, 5.74) is 11.2. The number of para-hydroxylation sites is 1. The molecule has 6 nitrogen and oxygen atoms in total. The number of ether oxygens (including phenoxy) is 1. The van der Waals surface area contributed by atoms with Gasteiger partial charge in [-0.2, -0.15) is 0 Å². The molecule has 1 amide bonds. The van der Waals surface area contributed by atoms with Gasteiger partial charge in [0.05, 0.1) is 23.4 Å². The molecule has 0 aromatic heterocycles. The molecule has 0 unspecified atom stereocenters. The summed E-state index contributed by atoms with van der Waals surface area (Å²) in [5.74, 6) is -1.81. The quantitative estimate of drug-likeness (QED) is 0.447. The van der Waals surface area contributed by atoms with Gasteiger partial charge >= 0.3 is 5.97 Å². The monoisotopic (exact) mass is 317 g/mol. The van der Waals surface area contributed by atoms with E-state index in [4.69, 9.17) is 10.5 Å². The zero-order valence-corrected chi connectivity index (χ0v) is 12.4. The van der Waals surface area contributed by atoms with E-state index in [-0.39, 0.29) is 23.4 Å². The Bertz CT molecular complexity index is 734. The largest absolute Gasteiger partial charge is 0.462 e. The number of hydrogen-bond donors (Lipinski definition) is 3. The highest BCUT2D eigenvalue weighted by molar-refractivity contribution is 5.99. The summed E-state index contributed by atoms with van der Waals surface area (Å²) in [5, 5.41) is 0. The smallest absolute Gasteiger partial charge is 0.338 e. The summed E-state index contributed by atoms with van der Waals surface area (Å²) < 4.78 is 18.7. The summed E-state index contributed by atoms with van der Waals surface area (Å²) in [6.45, 7) is 1.87. The fraction of sp³-hybridized carbons (Fsp3) is 0.125. The highest BCUT2D eigenvalue weighted by atomic mass is 19.1. The van der Waals surface area contributed by atoms with E-state index in [2.05, 4.69) is 10.9 Å². The van der Waals surface area contributed by atoms with Crippen molar-refractivity contribution in [2.45, 2.75) is 6.92 Å². The lowest BCUT2D eigenvalue weighted by Gasteiger charge is -2.11. The second-order valence-corrected chi connectivity index (χ2v) is 4.58. The Kier molecular flexibility index (Phi) is 5.14. The predicted molar refractivity (Wildman–Crippen MR) is 84.3 cm³/mol. The standard InChI is InChI=1S/C16H16FN3O3/c1-2-23-16(22)10-7-8-14(12(17)9-10)19-20-15(21)11-5-3-4-6-13(11)18/h3-9,19H,2,18H2,1H3,(H,20,21). The number of nitrogens with two attached hydrogens (primary N) is 1. The molecule has 0 radical (unpaired) electrons. The van der Waals surface area contributed by atoms with E-state index in [0.29, 0.717) is 5.69 Å². The molecule has 7 heteroatoms. The fourth-order valence-corrected chi connectivity index (χ4v) is 1.85. The van der Waals surface area contributed by atoms with E-state index in [1.807, 2.05) is 0 Å². The molecule has 0 heterocycles. The zero-order chi connectivity index (χ0) is 16.8. The minimum atomic E-state index is -0.697. The third-order valence-corrected chi connectivity index (χ3v) is 3.00. The number of amides is 1. The van der Waals surface area contributed by atoms with Gasteiger partial charge in [-0.1, -0.05) is 12.1 Å². The Labute approximate surface area is 132 Å². The van der Waals surface area contributed by atoms with Crippen molar-refractivity contribution in [1.29, 1.82) is 0 Å². The van der Waals surface area contributed by atoms with Crippen molar-refractivity contribution in [3.63, 3.8) is 0 Å². The molecule has 2 aromatic carbocycles. The second kappa shape index (κ2) is 7.26. The van der Waals surface area contributed by atoms with E-state index in [0.717, 1.165) is 6.07 Å². The lowest BCUT2D eigenvalue weighted by Crippen LogP contribution is -2.30. The van der Waals surface area contributed by atoms with Crippen LogP contribution in [0.1, 0.15) is 27.6 Å². The number of carbonyl (C=O) groups is 2. The first-order chi connectivity index (χ1) is 11.0. The maximum absolute atomic E-state index is 13.9. The first-order valence-corrected chi connectivity index (χ1v) is 6.90. The summed E-state index contributed by atoms with van der Waals surface area (Å²) in [7, 11) is 0. The van der Waals surface area contributed by atoms with Crippen LogP contribution in [0.5, 0.6) is 0 Å². The van der Waals surface area contributed by atoms with Gasteiger partial charge in [0.2, 0.25) is 0 Å². The number of hydrazine groups is 1. The summed E-state index contributed by atoms with van der Waals surface area (Å²) in [6, 6.07) is 10.3. The van der Waals surface area contributed by atoms with Crippen LogP contribution in [-0.4, -0.2) is 18.5 Å². The van der Waals surface area contributed by atoms with Crippen LogP contribution in [0.25, 0.3) is 0 Å². The Morgan fingerprint density at radius 2 is 1.96 bits per heavy atom. The molecular formula is C16H16FN3O3. The second-order valence-electron chi connectivity index (χ2n) is 4.58. The lowest BCUT2D eigenvalue weighted by molar-refractivity contribution is 0.0525. The van der Waals surface area contributed by atoms with Gasteiger partial charge in [0.25, 0.3) is 5.91 Å². The van der Waals surface area contributed by atoms with E-state index >= 15 is 0 Å². The molecule has 120 valence electrons. The van der Waals surface area contributed by atoms with Crippen molar-refractivity contribution in [3.8, 4) is 0 Å². The van der Waals surface area contributed by atoms with Crippen LogP contribution in [0.4, 0.5) is 15.8 Å². The molecule has 0 spiro atoms. The van der Waals surface area contributed by atoms with Crippen molar-refractivity contribution >= 4 is 23.3 Å². The van der Waals surface area contributed by atoms with Gasteiger partial charge in [-0.3, -0.25) is 15.6 Å². The zero-order valence-electron chi connectivity index (χ0n) is 12.4. The number of nitrogen functional groups attached to an aromatic ring is 1. The van der Waals surface area contributed by atoms with Crippen LogP contribution in [0.2, 0.25) is 0 Å². The highest BCUT2D eigenvalue weighted by Crippen LogP contribution is 2.16. The van der Waals surface area contributed by atoms with Crippen LogP contribution in [-0.2, 0) is 4.74 Å². The molecule has 0 aliphatic heterocycles. The molecule has 0 atom stereocenters. The van der Waals surface area contributed by atoms with E-state index in [1.165, 1.54) is 12.1 Å². The van der Waals surface area contributed by atoms with Gasteiger partial charge < -0.3 is 10.5 Å². The van der Waals surface area contributed by atoms with E-state index in [9.17, 15) is 14.0 Å². The van der Waals surface area contributed by atoms with Gasteiger partial charge in [0.1, 0.15) is 5.82 Å². The number of halogens is 1. The average Bonchev–Trinajstić information content (AvgIpc) is 2.54. The van der Waals surface area contributed by atoms with Gasteiger partial charge in [-0.25, -0.2) is 9.18 Å². The first-order valence-electron chi connectivity index (χ1n) is 6.90. The molecule has 4 N–H and O–H groups in total. The molecule has 0 saturated heterocycles. The van der Waals surface area contributed by atoms with E-state index in [1.54, 1.807) is 31.2 Å². The minimum Gasteiger partial charge on any atom is -0.462 e. The van der Waals surface area contributed by atoms with Crippen LogP contribution >= 0.6 is 0 Å². The third-order valence-electron chi connectivity index (χ3n) is 3.00. The minimum absolute atomic E-state index is 0.0147. The van der Waals surface area contributed by atoms with Crippen molar-refractivity contribution in [1.82, 2.24) is 5.43 Å². The summed E-state index contributed by atoms with van der Waals surface area (Å²) in [6.07, 6.45) is 0. The molecular weight excluding hydrogens is 301 g/mol. The molecule has 0 aliphatic rings. The predicted octanol–water partition coefficient (Wildman–Crippen LogP) is 2.34. The van der Waals surface area contributed by atoms with E-state index < -0.39 is 17.7 Å². The number of nitrogens with one attached hydrogen (secondary N) is 2. The topological polar surface area (TPSA) is 93.5 Å². The number of esters is 1. The van der Waals surface area contributed by atoms with Gasteiger partial charge in [-0.15, -0.1) is 0 Å². The molecule has 0 aliphatic carbocycles. The summed E-state index contributed by atoms with van der Waals surface area (Å²) >= 11 is 0. The lowest BCUT2D eigenvalue weighted by atomic mass is 10.2. The van der Waals surface area contributed by atoms with Crippen molar-refractivity contribution in [3.05, 3.63) is 59.4 Å². The molecule has 0 bridgehead atoms. The van der Waals surface area contributed by atoms with Crippen molar-refractivity contribution in [2.75, 3.05) is 17.8 Å². The van der Waals surface area contributed by atoms with Crippen molar-refractivity contribution in [2.24, 2.45) is 0 Å². The number of rotatable bonds is 5. The van der Waals surface area contributed by atoms with Crippen LogP contribution < -0.4 is 16.6 Å². The summed E-state index contributed by atoms with van der Waals surface area (Å²) in [4.78, 5) is 23.5. The van der Waals surface area contributed by atoms with Gasteiger partial charge in [0.15, 0.2) is 0 Å². The Morgan fingerprint density at radius 3 is 2.61 bits per heavy atom. The first kappa shape index (κ1) is 16.3. The highest BCUT2D eigenvalue weighted by Gasteiger charge is 2.12. The van der Waals surface area contributed by atoms with Crippen LogP contribution in [0.15, 0.2) is 42.5 Å². The molecule has 2 rings (SSSR count). The Morgan fingerprint density at radius 1 is 1.22 bits per heavy atom. The van der Waals surface area contributed by atoms with Gasteiger partial charge in [-0.05, 0) is 37.3 Å². The average molecular weight is 317 g/mol. The van der Waals surface area contributed by atoms with Crippen molar-refractivity contribution < 1.29 is 18.7 Å². The van der Waals surface area contributed by atoms with Crippen LogP contribution in [0, 0.1) is 5.82 Å². The Hall–Kier alpha value is -3.09.